The quantitative estimate of drug-likeness (QED) is 0.693. The molecule has 0 saturated heterocycles. The number of hydrogen-bond acceptors (Lipinski definition) is 5. The normalized spacial score (nSPS) is 12.6. The van der Waals surface area contributed by atoms with Crippen LogP contribution in [0.1, 0.15) is 24.9 Å². The predicted molar refractivity (Wildman–Crippen MR) is 99.1 cm³/mol. The molecule has 1 N–H and O–H groups in total. The van der Waals surface area contributed by atoms with E-state index in [0.717, 1.165) is 30.0 Å². The lowest BCUT2D eigenvalue weighted by Crippen LogP contribution is -2.21. The molecule has 136 valence electrons. The van der Waals surface area contributed by atoms with E-state index in [1.807, 2.05) is 36.4 Å². The van der Waals surface area contributed by atoms with Crippen molar-refractivity contribution in [3.05, 3.63) is 54.1 Å². The summed E-state index contributed by atoms with van der Waals surface area (Å²) in [6.45, 7) is 3.49. The van der Waals surface area contributed by atoms with Crippen LogP contribution in [0.2, 0.25) is 0 Å². The average molecular weight is 363 g/mol. The van der Waals surface area contributed by atoms with Gasteiger partial charge in [-0.2, -0.15) is 0 Å². The Kier molecular flexibility index (Phi) is 6.84. The second-order valence-electron chi connectivity index (χ2n) is 5.89. The monoisotopic (exact) mass is 363 g/mol. The zero-order valence-corrected chi connectivity index (χ0v) is 15.7. The fourth-order valence-electron chi connectivity index (χ4n) is 2.37. The molecule has 2 aromatic carbocycles. The van der Waals surface area contributed by atoms with Crippen LogP contribution in [0.5, 0.6) is 11.5 Å². The minimum atomic E-state index is -3.15. The van der Waals surface area contributed by atoms with E-state index in [1.54, 1.807) is 19.2 Å². The van der Waals surface area contributed by atoms with Gasteiger partial charge in [0.2, 0.25) is 0 Å². The van der Waals surface area contributed by atoms with Gasteiger partial charge in [0.25, 0.3) is 0 Å². The zero-order chi connectivity index (χ0) is 18.3. The van der Waals surface area contributed by atoms with Crippen molar-refractivity contribution in [2.24, 2.45) is 0 Å². The summed E-state index contributed by atoms with van der Waals surface area (Å²) in [6.07, 6.45) is 2.09. The summed E-state index contributed by atoms with van der Waals surface area (Å²) in [4.78, 5) is 0.344. The number of sulfone groups is 1. The van der Waals surface area contributed by atoms with Crippen molar-refractivity contribution in [1.29, 1.82) is 0 Å². The molecule has 5 nitrogen and oxygen atoms in total. The average Bonchev–Trinajstić information content (AvgIpc) is 2.61. The van der Waals surface area contributed by atoms with E-state index in [-0.39, 0.29) is 6.04 Å². The summed E-state index contributed by atoms with van der Waals surface area (Å²) in [5, 5.41) is 3.41. The molecule has 0 aliphatic rings. The molecule has 0 aliphatic heterocycles. The third kappa shape index (κ3) is 6.07. The zero-order valence-electron chi connectivity index (χ0n) is 14.9. The summed E-state index contributed by atoms with van der Waals surface area (Å²) >= 11 is 0. The number of nitrogens with one attached hydrogen (secondary N) is 1. The van der Waals surface area contributed by atoms with Crippen LogP contribution in [0.3, 0.4) is 0 Å². The highest BCUT2D eigenvalue weighted by molar-refractivity contribution is 7.90. The second-order valence-corrected chi connectivity index (χ2v) is 7.91. The number of ether oxygens (including phenoxy) is 2. The van der Waals surface area contributed by atoms with Gasteiger partial charge in [-0.05, 0) is 61.9 Å². The molecule has 0 spiro atoms. The molecule has 6 heteroatoms. The van der Waals surface area contributed by atoms with Gasteiger partial charge in [-0.25, -0.2) is 8.42 Å². The predicted octanol–water partition coefficient (Wildman–Crippen LogP) is 3.22. The van der Waals surface area contributed by atoms with E-state index < -0.39 is 9.84 Å². The maximum absolute atomic E-state index is 11.5. The molecule has 1 unspecified atom stereocenters. The lowest BCUT2D eigenvalue weighted by molar-refractivity contribution is 0.305. The van der Waals surface area contributed by atoms with Crippen molar-refractivity contribution < 1.29 is 17.9 Å². The van der Waals surface area contributed by atoms with E-state index >= 15 is 0 Å². The van der Waals surface area contributed by atoms with Crippen LogP contribution < -0.4 is 14.8 Å². The van der Waals surface area contributed by atoms with Gasteiger partial charge in [0, 0.05) is 12.3 Å². The minimum Gasteiger partial charge on any atom is -0.497 e. The van der Waals surface area contributed by atoms with Crippen molar-refractivity contribution in [3.8, 4) is 11.5 Å². The lowest BCUT2D eigenvalue weighted by Gasteiger charge is -2.15. The molecule has 0 amide bonds. The molecule has 0 radical (unpaired) electrons. The Morgan fingerprint density at radius 3 is 2.16 bits per heavy atom. The fraction of sp³-hybridized carbons (Fsp3) is 0.368. The third-order valence-corrected chi connectivity index (χ3v) is 5.04. The van der Waals surface area contributed by atoms with Gasteiger partial charge in [-0.15, -0.1) is 0 Å². The highest BCUT2D eigenvalue weighted by Crippen LogP contribution is 2.18. The molecule has 0 saturated carbocycles. The smallest absolute Gasteiger partial charge is 0.175 e. The highest BCUT2D eigenvalue weighted by Gasteiger charge is 2.09. The van der Waals surface area contributed by atoms with Crippen LogP contribution in [0, 0.1) is 0 Å². The minimum absolute atomic E-state index is 0.148. The van der Waals surface area contributed by atoms with Crippen LogP contribution in [0.25, 0.3) is 0 Å². The number of rotatable bonds is 9. The Balaban J connectivity index is 1.72. The molecular formula is C19H25NO4S. The van der Waals surface area contributed by atoms with E-state index in [1.165, 1.54) is 6.26 Å². The second kappa shape index (κ2) is 8.87. The van der Waals surface area contributed by atoms with Gasteiger partial charge in [0.05, 0.1) is 18.6 Å². The summed E-state index contributed by atoms with van der Waals surface area (Å²) < 4.78 is 33.7. The summed E-state index contributed by atoms with van der Waals surface area (Å²) in [5.41, 5.74) is 1.06. The van der Waals surface area contributed by atoms with Gasteiger partial charge in [-0.3, -0.25) is 0 Å². The van der Waals surface area contributed by atoms with E-state index in [9.17, 15) is 8.42 Å². The van der Waals surface area contributed by atoms with E-state index in [0.29, 0.717) is 11.5 Å². The third-order valence-electron chi connectivity index (χ3n) is 3.91. The van der Waals surface area contributed by atoms with Crippen molar-refractivity contribution in [2.45, 2.75) is 24.3 Å². The molecule has 2 rings (SSSR count). The molecule has 0 bridgehead atoms. The van der Waals surface area contributed by atoms with Crippen molar-refractivity contribution in [2.75, 3.05) is 26.5 Å². The van der Waals surface area contributed by atoms with Crippen molar-refractivity contribution in [3.63, 3.8) is 0 Å². The number of methoxy groups -OCH3 is 1. The molecule has 0 aromatic heterocycles. The molecular weight excluding hydrogens is 338 g/mol. The van der Waals surface area contributed by atoms with Crippen LogP contribution in [0.15, 0.2) is 53.4 Å². The Morgan fingerprint density at radius 1 is 1.00 bits per heavy atom. The first kappa shape index (κ1) is 19.3. The fourth-order valence-corrected chi connectivity index (χ4v) is 3.00. The summed E-state index contributed by atoms with van der Waals surface area (Å²) in [7, 11) is -1.51. The Bertz CT molecular complexity index is 755. The van der Waals surface area contributed by atoms with Gasteiger partial charge < -0.3 is 14.8 Å². The van der Waals surface area contributed by atoms with Crippen molar-refractivity contribution in [1.82, 2.24) is 5.32 Å². The first-order chi connectivity index (χ1) is 11.9. The molecule has 2 aromatic rings. The molecule has 0 heterocycles. The summed E-state index contributed by atoms with van der Waals surface area (Å²) in [5.74, 6) is 1.63. The highest BCUT2D eigenvalue weighted by atomic mass is 32.2. The van der Waals surface area contributed by atoms with Crippen LogP contribution >= 0.6 is 0 Å². The van der Waals surface area contributed by atoms with Gasteiger partial charge in [-0.1, -0.05) is 12.1 Å². The Labute approximate surface area is 149 Å². The standard InChI is InChI=1S/C19H25NO4S/c1-15(16-5-11-19(12-6-16)25(3,21)22)20-13-4-14-24-18-9-7-17(23-2)8-10-18/h5-12,15,20H,4,13-14H2,1-3H3. The first-order valence-corrected chi connectivity index (χ1v) is 10.1. The maximum Gasteiger partial charge on any atom is 0.175 e. The number of benzene rings is 2. The summed E-state index contributed by atoms with van der Waals surface area (Å²) in [6, 6.07) is 14.7. The Morgan fingerprint density at radius 2 is 1.60 bits per heavy atom. The Hall–Kier alpha value is -2.05. The van der Waals surface area contributed by atoms with Crippen molar-refractivity contribution >= 4 is 9.84 Å². The van der Waals surface area contributed by atoms with E-state index in [4.69, 9.17) is 9.47 Å². The van der Waals surface area contributed by atoms with Gasteiger partial charge in [0.1, 0.15) is 11.5 Å². The first-order valence-electron chi connectivity index (χ1n) is 8.20. The SMILES string of the molecule is COc1ccc(OCCCNC(C)c2ccc(S(C)(=O)=O)cc2)cc1. The van der Waals surface area contributed by atoms with E-state index in [2.05, 4.69) is 12.2 Å². The topological polar surface area (TPSA) is 64.6 Å². The molecule has 25 heavy (non-hydrogen) atoms. The van der Waals surface area contributed by atoms with Crippen LogP contribution in [-0.4, -0.2) is 34.9 Å². The van der Waals surface area contributed by atoms with Crippen LogP contribution in [0.4, 0.5) is 0 Å². The number of hydrogen-bond donors (Lipinski definition) is 1. The molecule has 1 atom stereocenters. The maximum atomic E-state index is 11.5. The van der Waals surface area contributed by atoms with Crippen LogP contribution in [-0.2, 0) is 9.84 Å². The molecule has 0 fully saturated rings. The largest absolute Gasteiger partial charge is 0.497 e. The van der Waals surface area contributed by atoms with Gasteiger partial charge in [0.15, 0.2) is 9.84 Å². The molecule has 0 aliphatic carbocycles. The van der Waals surface area contributed by atoms with Gasteiger partial charge >= 0.3 is 0 Å². The lowest BCUT2D eigenvalue weighted by atomic mass is 10.1.